The number of thiazole rings is 1. The Labute approximate surface area is 224 Å². The number of nitrogens with zero attached hydrogens (tertiary/aromatic N) is 3. The second-order valence-electron chi connectivity index (χ2n) is 9.16. The first-order chi connectivity index (χ1) is 17.9. The highest BCUT2D eigenvalue weighted by atomic mass is 32.1. The third-order valence-electron chi connectivity index (χ3n) is 5.27. The summed E-state index contributed by atoms with van der Waals surface area (Å²) in [5.74, 6) is -0.00205. The van der Waals surface area contributed by atoms with Gasteiger partial charge in [0.05, 0.1) is 17.7 Å². The summed E-state index contributed by atoms with van der Waals surface area (Å²) in [7, 11) is 0. The van der Waals surface area contributed by atoms with Crippen LogP contribution in [0.1, 0.15) is 63.7 Å². The molecule has 0 bridgehead atoms. The smallest absolute Gasteiger partial charge is 0.420 e. The van der Waals surface area contributed by atoms with E-state index in [2.05, 4.69) is 15.9 Å². The number of aliphatic imine (C=N–C) groups is 1. The van der Waals surface area contributed by atoms with Crippen molar-refractivity contribution in [3.8, 4) is 12.3 Å². The van der Waals surface area contributed by atoms with Gasteiger partial charge in [-0.05, 0) is 53.2 Å². The predicted molar refractivity (Wildman–Crippen MR) is 139 cm³/mol. The summed E-state index contributed by atoms with van der Waals surface area (Å²) in [6, 6.07) is 2.97. The lowest BCUT2D eigenvalue weighted by Gasteiger charge is -2.34. The van der Waals surface area contributed by atoms with Crippen molar-refractivity contribution in [2.24, 2.45) is 4.99 Å². The average Bonchev–Trinajstić information content (AvgIpc) is 3.37. The van der Waals surface area contributed by atoms with Crippen LogP contribution in [0.15, 0.2) is 46.0 Å². The van der Waals surface area contributed by atoms with Crippen LogP contribution in [0.3, 0.4) is 0 Å². The molecule has 0 saturated heterocycles. The molecule has 1 aromatic carbocycles. The third kappa shape index (κ3) is 6.08. The van der Waals surface area contributed by atoms with Crippen molar-refractivity contribution in [3.63, 3.8) is 0 Å². The minimum atomic E-state index is -1.26. The van der Waals surface area contributed by atoms with Crippen molar-refractivity contribution in [2.75, 3.05) is 6.61 Å². The van der Waals surface area contributed by atoms with E-state index in [0.717, 1.165) is 4.90 Å². The van der Waals surface area contributed by atoms with Crippen LogP contribution in [0.4, 0.5) is 9.18 Å². The Morgan fingerprint density at radius 1 is 1.29 bits per heavy atom. The second kappa shape index (κ2) is 11.6. The highest BCUT2D eigenvalue weighted by molar-refractivity contribution is 7.11. The molecule has 0 spiro atoms. The lowest BCUT2D eigenvalue weighted by Crippen LogP contribution is -2.44. The van der Waals surface area contributed by atoms with Gasteiger partial charge in [0, 0.05) is 17.3 Å². The number of allylic oxidation sites excluding steroid dienone is 1. The lowest BCUT2D eigenvalue weighted by atomic mass is 9.91. The van der Waals surface area contributed by atoms with Gasteiger partial charge in [-0.15, -0.1) is 17.8 Å². The molecular formula is C27H28FN3O6S. The van der Waals surface area contributed by atoms with Gasteiger partial charge in [-0.2, -0.15) is 0 Å². The number of hydrogen-bond donors (Lipinski definition) is 0. The fourth-order valence-electron chi connectivity index (χ4n) is 3.67. The Bertz CT molecular complexity index is 1340. The normalized spacial score (nSPS) is 16.3. The summed E-state index contributed by atoms with van der Waals surface area (Å²) in [6.45, 7) is 9.65. The number of halogens is 1. The van der Waals surface area contributed by atoms with Gasteiger partial charge in [0.25, 0.3) is 0 Å². The molecule has 9 nitrogen and oxygen atoms in total. The molecular weight excluding hydrogens is 513 g/mol. The van der Waals surface area contributed by atoms with E-state index in [0.29, 0.717) is 5.01 Å². The molecule has 0 saturated carbocycles. The largest absolute Gasteiger partial charge is 0.463 e. The maximum absolute atomic E-state index is 14.7. The molecule has 0 N–H and O–H groups in total. The zero-order valence-electron chi connectivity index (χ0n) is 21.9. The topological polar surface area (TPSA) is 107 Å². The first-order valence-electron chi connectivity index (χ1n) is 11.7. The Hall–Kier alpha value is -4.04. The molecule has 2 aromatic rings. The van der Waals surface area contributed by atoms with Crippen LogP contribution in [0.25, 0.3) is 0 Å². The standard InChI is InChI=1S/C27H28FN3O6S/c1-8-17-18(11-10-12-19(17)28)21-20(25(33)36-16(4)24(32)35-9-2)15(3)31(26(34)37-27(5,6)7)22(30-21)23-29-13-14-38-23/h1,10-14,16,21H,9H2,2-7H3/t16-,21+/m1/s1. The average molecular weight is 542 g/mol. The minimum Gasteiger partial charge on any atom is -0.463 e. The van der Waals surface area contributed by atoms with Crippen molar-refractivity contribution in [2.45, 2.75) is 59.3 Å². The Morgan fingerprint density at radius 2 is 2.00 bits per heavy atom. The van der Waals surface area contributed by atoms with Crippen LogP contribution in [0, 0.1) is 18.2 Å². The fraction of sp³-hybridized carbons (Fsp3) is 0.370. The molecule has 0 radical (unpaired) electrons. The van der Waals surface area contributed by atoms with E-state index >= 15 is 0 Å². The number of benzene rings is 1. The third-order valence-corrected chi connectivity index (χ3v) is 6.04. The van der Waals surface area contributed by atoms with E-state index in [-0.39, 0.29) is 34.8 Å². The van der Waals surface area contributed by atoms with Crippen LogP contribution in [0.5, 0.6) is 0 Å². The van der Waals surface area contributed by atoms with Gasteiger partial charge in [0.15, 0.2) is 16.9 Å². The number of ether oxygens (including phenoxy) is 3. The van der Waals surface area contributed by atoms with Gasteiger partial charge < -0.3 is 14.2 Å². The fourth-order valence-corrected chi connectivity index (χ4v) is 4.30. The molecule has 3 rings (SSSR count). The van der Waals surface area contributed by atoms with Crippen molar-refractivity contribution in [1.29, 1.82) is 0 Å². The summed E-state index contributed by atoms with van der Waals surface area (Å²) < 4.78 is 30.6. The summed E-state index contributed by atoms with van der Waals surface area (Å²) in [6.07, 6.45) is 5.07. The molecule has 0 unspecified atom stereocenters. The van der Waals surface area contributed by atoms with Crippen molar-refractivity contribution in [1.82, 2.24) is 9.88 Å². The van der Waals surface area contributed by atoms with E-state index in [1.54, 1.807) is 33.1 Å². The number of carbonyl (C=O) groups is 3. The first-order valence-corrected chi connectivity index (χ1v) is 12.6. The molecule has 0 fully saturated rings. The van der Waals surface area contributed by atoms with E-state index in [1.165, 1.54) is 49.6 Å². The number of rotatable bonds is 6. The van der Waals surface area contributed by atoms with E-state index < -0.39 is 41.6 Å². The van der Waals surface area contributed by atoms with Gasteiger partial charge in [0.1, 0.15) is 17.5 Å². The summed E-state index contributed by atoms with van der Waals surface area (Å²) in [5.41, 5.74) is -0.824. The summed E-state index contributed by atoms with van der Waals surface area (Å²) >= 11 is 1.20. The molecule has 1 aromatic heterocycles. The lowest BCUT2D eigenvalue weighted by molar-refractivity contribution is -0.164. The highest BCUT2D eigenvalue weighted by Gasteiger charge is 2.41. The summed E-state index contributed by atoms with van der Waals surface area (Å²) in [5, 5.41) is 2.05. The molecule has 1 aliphatic rings. The Kier molecular flexibility index (Phi) is 8.68. The van der Waals surface area contributed by atoms with Crippen LogP contribution < -0.4 is 0 Å². The van der Waals surface area contributed by atoms with Crippen LogP contribution in [-0.2, 0) is 23.8 Å². The number of aromatic nitrogens is 1. The van der Waals surface area contributed by atoms with Crippen LogP contribution in [0.2, 0.25) is 0 Å². The number of terminal acetylenes is 1. The van der Waals surface area contributed by atoms with Crippen molar-refractivity contribution >= 4 is 35.2 Å². The molecule has 2 heterocycles. The number of esters is 2. The Morgan fingerprint density at radius 3 is 2.58 bits per heavy atom. The second-order valence-corrected chi connectivity index (χ2v) is 10.0. The van der Waals surface area contributed by atoms with E-state index in [4.69, 9.17) is 20.6 Å². The molecule has 1 amide bonds. The minimum absolute atomic E-state index is 0.0824. The molecule has 38 heavy (non-hydrogen) atoms. The summed E-state index contributed by atoms with van der Waals surface area (Å²) in [4.78, 5) is 49.2. The Balaban J connectivity index is 2.24. The van der Waals surface area contributed by atoms with Crippen molar-refractivity contribution in [3.05, 3.63) is 63.0 Å². The van der Waals surface area contributed by atoms with Crippen molar-refractivity contribution < 1.29 is 33.0 Å². The molecule has 2 atom stereocenters. The monoisotopic (exact) mass is 541 g/mol. The molecule has 1 aliphatic heterocycles. The van der Waals surface area contributed by atoms with Crippen LogP contribution in [-0.4, -0.2) is 52.1 Å². The SMILES string of the molecule is C#Cc1c(F)cccc1[C@@H]1N=C(c2nccs2)N(C(=O)OC(C)(C)C)C(C)=C1C(=O)O[C@H](C)C(=O)OCC. The highest BCUT2D eigenvalue weighted by Crippen LogP contribution is 2.39. The van der Waals surface area contributed by atoms with Crippen LogP contribution >= 0.6 is 11.3 Å². The molecule has 200 valence electrons. The van der Waals surface area contributed by atoms with Gasteiger partial charge >= 0.3 is 18.0 Å². The maximum atomic E-state index is 14.7. The number of amidine groups is 1. The number of hydrogen-bond acceptors (Lipinski definition) is 9. The zero-order valence-corrected chi connectivity index (χ0v) is 22.7. The van der Waals surface area contributed by atoms with E-state index in [9.17, 15) is 18.8 Å². The van der Waals surface area contributed by atoms with Gasteiger partial charge in [-0.3, -0.25) is 4.99 Å². The van der Waals surface area contributed by atoms with Gasteiger partial charge in [-0.1, -0.05) is 18.1 Å². The number of carbonyl (C=O) groups excluding carboxylic acids is 3. The number of amides is 1. The molecule has 0 aliphatic carbocycles. The van der Waals surface area contributed by atoms with Gasteiger partial charge in [-0.25, -0.2) is 28.7 Å². The van der Waals surface area contributed by atoms with E-state index in [1.807, 2.05) is 0 Å². The zero-order chi connectivity index (χ0) is 28.2. The predicted octanol–water partition coefficient (Wildman–Crippen LogP) is 4.77. The maximum Gasteiger partial charge on any atom is 0.420 e. The quantitative estimate of drug-likeness (QED) is 0.295. The molecule has 11 heteroatoms. The first kappa shape index (κ1) is 28.5. The van der Waals surface area contributed by atoms with Gasteiger partial charge in [0.2, 0.25) is 0 Å².